The van der Waals surface area contributed by atoms with Crippen LogP contribution in [0, 0.1) is 6.92 Å². The minimum Gasteiger partial charge on any atom is -0.492 e. The van der Waals surface area contributed by atoms with Gasteiger partial charge in [-0.2, -0.15) is 4.98 Å². The van der Waals surface area contributed by atoms with Crippen molar-refractivity contribution in [3.8, 4) is 5.88 Å². The minimum absolute atomic E-state index is 0.282. The quantitative estimate of drug-likeness (QED) is 0.859. The van der Waals surface area contributed by atoms with Gasteiger partial charge in [-0.05, 0) is 13.8 Å². The van der Waals surface area contributed by atoms with Crippen LogP contribution in [0.1, 0.15) is 23.0 Å². The lowest BCUT2D eigenvalue weighted by Gasteiger charge is -2.12. The number of thiazole rings is 1. The van der Waals surface area contributed by atoms with Crippen molar-refractivity contribution in [2.24, 2.45) is 0 Å². The number of hydrogen-bond donors (Lipinski definition) is 2. The normalized spacial score (nSPS) is 12.6. The molecule has 0 radical (unpaired) electrons. The maximum atomic E-state index is 12.3. The molecular formula is C12H15N3O4S. The van der Waals surface area contributed by atoms with Crippen molar-refractivity contribution in [2.45, 2.75) is 19.9 Å². The highest BCUT2D eigenvalue weighted by molar-refractivity contribution is 7.15. The highest BCUT2D eigenvalue weighted by atomic mass is 32.1. The van der Waals surface area contributed by atoms with Crippen molar-refractivity contribution >= 4 is 22.2 Å². The molecule has 1 atom stereocenters. The van der Waals surface area contributed by atoms with Gasteiger partial charge in [0.15, 0.2) is 10.5 Å². The summed E-state index contributed by atoms with van der Waals surface area (Å²) < 4.78 is 6.21. The van der Waals surface area contributed by atoms with E-state index in [2.05, 4.69) is 10.3 Å². The Labute approximate surface area is 118 Å². The molecule has 1 amide bonds. The number of fused-ring (bicyclic) bond motifs is 1. The molecule has 20 heavy (non-hydrogen) atoms. The summed E-state index contributed by atoms with van der Waals surface area (Å²) >= 11 is 1.22. The first-order valence-corrected chi connectivity index (χ1v) is 6.83. The van der Waals surface area contributed by atoms with Gasteiger partial charge in [-0.25, -0.2) is 0 Å². The number of hydrogen-bond acceptors (Lipinski definition) is 6. The van der Waals surface area contributed by atoms with Gasteiger partial charge in [0, 0.05) is 24.2 Å². The summed E-state index contributed by atoms with van der Waals surface area (Å²) in [6.07, 6.45) is 0. The number of nitrogens with zero attached hydrogens (tertiary/aromatic N) is 2. The van der Waals surface area contributed by atoms with Crippen molar-refractivity contribution in [3.63, 3.8) is 0 Å². The molecule has 2 rings (SSSR count). The highest BCUT2D eigenvalue weighted by Gasteiger charge is 2.22. The van der Waals surface area contributed by atoms with Gasteiger partial charge in [-0.3, -0.25) is 14.0 Å². The van der Waals surface area contributed by atoms with E-state index >= 15 is 0 Å². The summed E-state index contributed by atoms with van der Waals surface area (Å²) in [6.45, 7) is 3.78. The van der Waals surface area contributed by atoms with Crippen LogP contribution in [0.2, 0.25) is 0 Å². The third-order valence-corrected chi connectivity index (χ3v) is 3.69. The molecular weight excluding hydrogens is 282 g/mol. The Kier molecular flexibility index (Phi) is 4.05. The van der Waals surface area contributed by atoms with E-state index in [4.69, 9.17) is 4.74 Å². The lowest BCUT2D eigenvalue weighted by Crippen LogP contribution is -2.39. The molecule has 8 heteroatoms. The van der Waals surface area contributed by atoms with E-state index < -0.39 is 17.3 Å². The van der Waals surface area contributed by atoms with Crippen LogP contribution in [-0.2, 0) is 4.74 Å². The molecule has 108 valence electrons. The summed E-state index contributed by atoms with van der Waals surface area (Å²) in [4.78, 5) is 28.6. The van der Waals surface area contributed by atoms with Crippen molar-refractivity contribution < 1.29 is 14.6 Å². The van der Waals surface area contributed by atoms with Crippen LogP contribution in [0.3, 0.4) is 0 Å². The van der Waals surface area contributed by atoms with Crippen LogP contribution >= 0.6 is 11.3 Å². The molecule has 0 aliphatic carbocycles. The Hall–Kier alpha value is -1.93. The van der Waals surface area contributed by atoms with Crippen LogP contribution in [0.25, 0.3) is 4.96 Å². The zero-order valence-electron chi connectivity index (χ0n) is 11.3. The molecule has 2 aromatic heterocycles. The monoisotopic (exact) mass is 297 g/mol. The number of carbonyl (C=O) groups is 1. The van der Waals surface area contributed by atoms with E-state index in [1.807, 2.05) is 0 Å². The van der Waals surface area contributed by atoms with Crippen LogP contribution in [-0.4, -0.2) is 40.2 Å². The maximum absolute atomic E-state index is 12.3. The van der Waals surface area contributed by atoms with Gasteiger partial charge in [0.2, 0.25) is 5.88 Å². The van der Waals surface area contributed by atoms with Crippen LogP contribution in [0.15, 0.2) is 10.2 Å². The first-order valence-electron chi connectivity index (χ1n) is 5.95. The number of amides is 1. The van der Waals surface area contributed by atoms with Gasteiger partial charge >= 0.3 is 0 Å². The van der Waals surface area contributed by atoms with E-state index in [1.54, 1.807) is 19.2 Å². The first-order chi connectivity index (χ1) is 9.45. The van der Waals surface area contributed by atoms with Crippen molar-refractivity contribution in [2.75, 3.05) is 13.7 Å². The second-order valence-corrected chi connectivity index (χ2v) is 5.28. The van der Waals surface area contributed by atoms with Crippen molar-refractivity contribution in [1.82, 2.24) is 14.7 Å². The largest absolute Gasteiger partial charge is 0.492 e. The topological polar surface area (TPSA) is 92.9 Å². The number of rotatable bonds is 4. The Morgan fingerprint density at radius 1 is 1.65 bits per heavy atom. The summed E-state index contributed by atoms with van der Waals surface area (Å²) in [5.74, 6) is -1.22. The molecule has 0 bridgehead atoms. The van der Waals surface area contributed by atoms with Gasteiger partial charge in [0.25, 0.3) is 11.5 Å². The molecule has 0 fully saturated rings. The molecule has 2 heterocycles. The average molecular weight is 297 g/mol. The zero-order chi connectivity index (χ0) is 14.9. The Morgan fingerprint density at radius 2 is 2.35 bits per heavy atom. The van der Waals surface area contributed by atoms with E-state index in [1.165, 1.54) is 22.8 Å². The fourth-order valence-electron chi connectivity index (χ4n) is 1.86. The third-order valence-electron chi connectivity index (χ3n) is 2.74. The maximum Gasteiger partial charge on any atom is 0.275 e. The van der Waals surface area contributed by atoms with E-state index in [9.17, 15) is 14.7 Å². The molecule has 0 aliphatic rings. The van der Waals surface area contributed by atoms with Gasteiger partial charge in [0.1, 0.15) is 0 Å². The van der Waals surface area contributed by atoms with Crippen LogP contribution < -0.4 is 10.9 Å². The number of carbonyl (C=O) groups excluding carboxylic acids is 1. The standard InChI is InChI=1S/C12H15N3O4S/c1-6(4-19-3)13-9(16)8-10(17)14-12-15(11(8)18)7(2)5-20-12/h5-6,17H,4H2,1-3H3,(H,13,16)/t6-/m0/s1. The van der Waals surface area contributed by atoms with E-state index in [0.29, 0.717) is 17.3 Å². The number of ether oxygens (including phenoxy) is 1. The molecule has 0 unspecified atom stereocenters. The summed E-state index contributed by atoms with van der Waals surface area (Å²) in [6, 6.07) is -0.282. The molecule has 0 spiro atoms. The molecule has 2 N–H and O–H groups in total. The highest BCUT2D eigenvalue weighted by Crippen LogP contribution is 2.17. The fraction of sp³-hybridized carbons (Fsp3) is 0.417. The molecule has 0 aromatic carbocycles. The Morgan fingerprint density at radius 3 is 3.00 bits per heavy atom. The molecule has 7 nitrogen and oxygen atoms in total. The predicted molar refractivity (Wildman–Crippen MR) is 74.5 cm³/mol. The number of aryl methyl sites for hydroxylation is 1. The predicted octanol–water partition coefficient (Wildman–Crippen LogP) is 0.535. The molecule has 0 aliphatic heterocycles. The lowest BCUT2D eigenvalue weighted by molar-refractivity contribution is 0.0900. The molecule has 2 aromatic rings. The van der Waals surface area contributed by atoms with Crippen LogP contribution in [0.5, 0.6) is 5.88 Å². The summed E-state index contributed by atoms with van der Waals surface area (Å²) in [7, 11) is 1.51. The fourth-order valence-corrected chi connectivity index (χ4v) is 2.71. The Balaban J connectivity index is 2.46. The second-order valence-electron chi connectivity index (χ2n) is 4.44. The second kappa shape index (κ2) is 5.59. The SMILES string of the molecule is COC[C@H](C)NC(=O)c1c(O)nc2scc(C)n2c1=O. The van der Waals surface area contributed by atoms with E-state index in [0.717, 1.165) is 0 Å². The number of aromatic nitrogens is 2. The van der Waals surface area contributed by atoms with E-state index in [-0.39, 0.29) is 11.6 Å². The van der Waals surface area contributed by atoms with Gasteiger partial charge < -0.3 is 15.2 Å². The molecule has 0 saturated carbocycles. The third kappa shape index (κ3) is 2.52. The van der Waals surface area contributed by atoms with Crippen LogP contribution in [0.4, 0.5) is 0 Å². The number of methoxy groups -OCH3 is 1. The summed E-state index contributed by atoms with van der Waals surface area (Å²) in [5.41, 5.74) is -0.262. The van der Waals surface area contributed by atoms with Gasteiger partial charge in [-0.15, -0.1) is 11.3 Å². The van der Waals surface area contributed by atoms with Gasteiger partial charge in [0.05, 0.1) is 6.61 Å². The average Bonchev–Trinajstić information content (AvgIpc) is 2.70. The van der Waals surface area contributed by atoms with Crippen molar-refractivity contribution in [1.29, 1.82) is 0 Å². The Bertz CT molecular complexity index is 707. The summed E-state index contributed by atoms with van der Waals surface area (Å²) in [5, 5.41) is 14.1. The lowest BCUT2D eigenvalue weighted by atomic mass is 10.2. The number of nitrogens with one attached hydrogen (secondary N) is 1. The van der Waals surface area contributed by atoms with Crippen molar-refractivity contribution in [3.05, 3.63) is 27.0 Å². The first kappa shape index (κ1) is 14.5. The minimum atomic E-state index is -0.662. The smallest absolute Gasteiger partial charge is 0.275 e. The number of aromatic hydroxyl groups is 1. The zero-order valence-corrected chi connectivity index (χ0v) is 12.2. The molecule has 0 saturated heterocycles. The van der Waals surface area contributed by atoms with Gasteiger partial charge in [-0.1, -0.05) is 0 Å².